The molecule has 0 aliphatic heterocycles. The van der Waals surface area contributed by atoms with Gasteiger partial charge in [0.1, 0.15) is 0 Å². The van der Waals surface area contributed by atoms with Crippen LogP contribution >= 0.6 is 0 Å². The van der Waals surface area contributed by atoms with E-state index < -0.39 is 0 Å². The molecule has 0 bridgehead atoms. The van der Waals surface area contributed by atoms with Gasteiger partial charge in [0, 0.05) is 12.5 Å². The van der Waals surface area contributed by atoms with E-state index >= 15 is 0 Å². The molecule has 11 atom stereocenters. The fraction of sp³-hybridized carbons (Fsp3) is 1.00. The normalized spacial score (nSPS) is 53.6. The molecule has 5 rings (SSSR count). The monoisotopic (exact) mass is 414 g/mol. The van der Waals surface area contributed by atoms with Gasteiger partial charge in [0.05, 0.1) is 6.10 Å². The van der Waals surface area contributed by atoms with Crippen LogP contribution in [0.25, 0.3) is 0 Å². The van der Waals surface area contributed by atoms with Crippen LogP contribution in [0.2, 0.25) is 0 Å². The van der Waals surface area contributed by atoms with E-state index in [1.165, 1.54) is 64.2 Å². The summed E-state index contributed by atoms with van der Waals surface area (Å²) in [5.74, 6) is 7.47. The third kappa shape index (κ3) is 2.75. The summed E-state index contributed by atoms with van der Waals surface area (Å²) in [6, 6.07) is 0. The Morgan fingerprint density at radius 3 is 2.33 bits per heavy atom. The molecule has 5 aliphatic rings. The van der Waals surface area contributed by atoms with Gasteiger partial charge in [-0.05, 0) is 110 Å². The molecule has 0 aromatic rings. The zero-order valence-corrected chi connectivity index (χ0v) is 21.2. The van der Waals surface area contributed by atoms with Crippen molar-refractivity contribution in [3.63, 3.8) is 0 Å². The highest BCUT2D eigenvalue weighted by atomic mass is 16.5. The number of fused-ring (bicyclic) bond motifs is 4. The number of rotatable bonds is 6. The highest BCUT2D eigenvalue weighted by molar-refractivity contribution is 5.26. The molecule has 0 saturated heterocycles. The summed E-state index contributed by atoms with van der Waals surface area (Å²) in [4.78, 5) is 0. The maximum atomic E-state index is 6.31. The Labute approximate surface area is 187 Å². The van der Waals surface area contributed by atoms with Gasteiger partial charge in [0.25, 0.3) is 0 Å². The van der Waals surface area contributed by atoms with Gasteiger partial charge in [-0.3, -0.25) is 0 Å². The van der Waals surface area contributed by atoms with Crippen molar-refractivity contribution >= 4 is 0 Å². The maximum absolute atomic E-state index is 6.31. The van der Waals surface area contributed by atoms with Crippen LogP contribution in [0.5, 0.6) is 0 Å². The van der Waals surface area contributed by atoms with E-state index in [1.807, 2.05) is 7.11 Å². The highest BCUT2D eigenvalue weighted by Gasteiger charge is 2.77. The summed E-state index contributed by atoms with van der Waals surface area (Å²) in [5.41, 5.74) is 1.76. The fourth-order valence-corrected chi connectivity index (χ4v) is 10.6. The van der Waals surface area contributed by atoms with E-state index in [-0.39, 0.29) is 0 Å². The fourth-order valence-electron chi connectivity index (χ4n) is 10.6. The molecule has 0 heterocycles. The molecule has 0 amide bonds. The molecule has 1 heteroatoms. The largest absolute Gasteiger partial charge is 0.381 e. The first-order valence-corrected chi connectivity index (χ1v) is 13.7. The number of ether oxygens (including phenoxy) is 1. The van der Waals surface area contributed by atoms with Gasteiger partial charge in [0.15, 0.2) is 0 Å². The van der Waals surface area contributed by atoms with Crippen molar-refractivity contribution < 1.29 is 4.74 Å². The van der Waals surface area contributed by atoms with Crippen LogP contribution in [-0.4, -0.2) is 13.2 Å². The van der Waals surface area contributed by atoms with Crippen molar-refractivity contribution in [1.29, 1.82) is 0 Å². The van der Waals surface area contributed by atoms with Crippen LogP contribution in [0.3, 0.4) is 0 Å². The minimum atomic E-state index is 0.557. The summed E-state index contributed by atoms with van der Waals surface area (Å²) in [6.45, 7) is 15.3. The molecule has 1 spiro atoms. The summed E-state index contributed by atoms with van der Waals surface area (Å²) in [5, 5.41) is 0. The van der Waals surface area contributed by atoms with Gasteiger partial charge >= 0.3 is 0 Å². The maximum Gasteiger partial charge on any atom is 0.0638 e. The average Bonchev–Trinajstić information content (AvgIpc) is 3.22. The van der Waals surface area contributed by atoms with Crippen molar-refractivity contribution in [3.8, 4) is 0 Å². The number of methoxy groups -OCH3 is 1. The summed E-state index contributed by atoms with van der Waals surface area (Å²) >= 11 is 0. The molecule has 1 nitrogen and oxygen atoms in total. The van der Waals surface area contributed by atoms with Crippen LogP contribution in [0, 0.1) is 63.6 Å². The Morgan fingerprint density at radius 1 is 0.900 bits per heavy atom. The van der Waals surface area contributed by atoms with Crippen molar-refractivity contribution in [2.45, 2.75) is 112 Å². The molecule has 0 aromatic carbocycles. The quantitative estimate of drug-likeness (QED) is 0.428. The van der Waals surface area contributed by atoms with E-state index in [0.717, 1.165) is 47.3 Å². The number of hydrogen-bond acceptors (Lipinski definition) is 1. The van der Waals surface area contributed by atoms with Gasteiger partial charge in [-0.2, -0.15) is 0 Å². The van der Waals surface area contributed by atoms with Gasteiger partial charge in [0.2, 0.25) is 0 Å². The predicted octanol–water partition coefficient (Wildman–Crippen LogP) is 7.98. The average molecular weight is 415 g/mol. The minimum absolute atomic E-state index is 0.557. The first kappa shape index (κ1) is 21.8. The zero-order chi connectivity index (χ0) is 21.5. The molecule has 5 saturated carbocycles. The van der Waals surface area contributed by atoms with Gasteiger partial charge in [-0.25, -0.2) is 0 Å². The second kappa shape index (κ2) is 7.23. The van der Waals surface area contributed by atoms with Crippen molar-refractivity contribution in [1.82, 2.24) is 0 Å². The van der Waals surface area contributed by atoms with E-state index in [1.54, 1.807) is 0 Å². The second-order valence-electron chi connectivity index (χ2n) is 13.7. The third-order valence-electron chi connectivity index (χ3n) is 12.8. The summed E-state index contributed by atoms with van der Waals surface area (Å²) < 4.78 is 6.31. The molecule has 5 aliphatic carbocycles. The van der Waals surface area contributed by atoms with E-state index in [9.17, 15) is 0 Å². The predicted molar refractivity (Wildman–Crippen MR) is 126 cm³/mol. The molecule has 5 fully saturated rings. The second-order valence-corrected chi connectivity index (χ2v) is 13.7. The molecular formula is C29H50O. The Morgan fingerprint density at radius 2 is 1.67 bits per heavy atom. The molecule has 0 N–H and O–H groups in total. The smallest absolute Gasteiger partial charge is 0.0638 e. The van der Waals surface area contributed by atoms with Gasteiger partial charge in [-0.1, -0.05) is 54.4 Å². The van der Waals surface area contributed by atoms with E-state index in [2.05, 4.69) is 41.5 Å². The Balaban J connectivity index is 1.35. The van der Waals surface area contributed by atoms with Crippen LogP contribution in [0.15, 0.2) is 0 Å². The molecule has 172 valence electrons. The lowest BCUT2D eigenvalue weighted by Gasteiger charge is -2.61. The lowest BCUT2D eigenvalue weighted by atomic mass is 9.45. The first-order chi connectivity index (χ1) is 14.2. The first-order valence-electron chi connectivity index (χ1n) is 13.7. The van der Waals surface area contributed by atoms with Crippen LogP contribution < -0.4 is 0 Å². The van der Waals surface area contributed by atoms with Crippen LogP contribution in [-0.2, 0) is 4.74 Å². The standard InChI is InChI=1S/C29H50O/c1-18(2)19(3)8-9-20(4)23-10-11-24-22-16-26(30-7)29-17-21(29)12-15-28(29,6)25(22)13-14-27(23,24)5/h18-26H,8-17H2,1-7H3/t19-,20+,21-,22-,23+,24-,25-,26+,27+,28+,29+/m0/s1. The molecular weight excluding hydrogens is 364 g/mol. The van der Waals surface area contributed by atoms with E-state index in [4.69, 9.17) is 4.74 Å². The number of hydrogen-bond donors (Lipinski definition) is 0. The molecule has 0 aromatic heterocycles. The summed E-state index contributed by atoms with van der Waals surface area (Å²) in [6.07, 6.45) is 15.3. The molecule has 0 unspecified atom stereocenters. The lowest BCUT2D eigenvalue weighted by Crippen LogP contribution is -2.57. The summed E-state index contributed by atoms with van der Waals surface area (Å²) in [7, 11) is 2.03. The van der Waals surface area contributed by atoms with Crippen molar-refractivity contribution in [2.75, 3.05) is 7.11 Å². The zero-order valence-electron chi connectivity index (χ0n) is 21.2. The van der Waals surface area contributed by atoms with Gasteiger partial charge < -0.3 is 4.74 Å². The third-order valence-corrected chi connectivity index (χ3v) is 12.8. The van der Waals surface area contributed by atoms with Crippen LogP contribution in [0.4, 0.5) is 0 Å². The van der Waals surface area contributed by atoms with Crippen molar-refractivity contribution in [3.05, 3.63) is 0 Å². The SMILES string of the molecule is CO[C@@H]1C[C@H]2[C@@H]3CC[C@H]([C@H](C)CC[C@H](C)C(C)C)[C@@]3(C)CC[C@@H]2[C@@]2(C)CC[C@H]3C[C@@]312. The Hall–Kier alpha value is -0.0400. The van der Waals surface area contributed by atoms with Gasteiger partial charge in [-0.15, -0.1) is 0 Å². The molecule has 30 heavy (non-hydrogen) atoms. The van der Waals surface area contributed by atoms with E-state index in [0.29, 0.717) is 22.3 Å². The topological polar surface area (TPSA) is 9.23 Å². The lowest BCUT2D eigenvalue weighted by molar-refractivity contribution is -0.161. The Kier molecular flexibility index (Phi) is 5.25. The molecule has 0 radical (unpaired) electrons. The highest BCUT2D eigenvalue weighted by Crippen LogP contribution is 2.82. The van der Waals surface area contributed by atoms with Crippen LogP contribution in [0.1, 0.15) is 106 Å². The Bertz CT molecular complexity index is 655. The van der Waals surface area contributed by atoms with Crippen molar-refractivity contribution in [2.24, 2.45) is 63.6 Å². The minimum Gasteiger partial charge on any atom is -0.381 e.